The van der Waals surface area contributed by atoms with Crippen LogP contribution in [0.1, 0.15) is 17.8 Å². The first-order valence-electron chi connectivity index (χ1n) is 5.88. The summed E-state index contributed by atoms with van der Waals surface area (Å²) in [7, 11) is 0. The summed E-state index contributed by atoms with van der Waals surface area (Å²) < 4.78 is 7.29. The standard InChI is InChI=1S/C10H15N5OS/c1-2-8-12-13-10-15(8)14-9(17-10)5-7-6-16-4-3-11-7/h7,11H,2-6H2,1H3. The van der Waals surface area contributed by atoms with Crippen molar-refractivity contribution in [2.24, 2.45) is 0 Å². The molecule has 1 fully saturated rings. The first-order valence-corrected chi connectivity index (χ1v) is 6.69. The summed E-state index contributed by atoms with van der Waals surface area (Å²) >= 11 is 1.61. The van der Waals surface area contributed by atoms with E-state index in [1.807, 2.05) is 4.52 Å². The maximum Gasteiger partial charge on any atom is 0.234 e. The van der Waals surface area contributed by atoms with E-state index in [4.69, 9.17) is 4.74 Å². The van der Waals surface area contributed by atoms with Gasteiger partial charge in [-0.1, -0.05) is 18.3 Å². The molecule has 0 spiro atoms. The molecule has 0 aliphatic carbocycles. The van der Waals surface area contributed by atoms with Crippen LogP contribution in [0.3, 0.4) is 0 Å². The van der Waals surface area contributed by atoms with Crippen molar-refractivity contribution in [2.45, 2.75) is 25.8 Å². The zero-order valence-electron chi connectivity index (χ0n) is 9.72. The number of nitrogens with zero attached hydrogens (tertiary/aromatic N) is 4. The Hall–Kier alpha value is -1.05. The molecule has 3 rings (SSSR count). The third-order valence-electron chi connectivity index (χ3n) is 2.83. The number of hydrogen-bond acceptors (Lipinski definition) is 6. The summed E-state index contributed by atoms with van der Waals surface area (Å²) in [6, 6.07) is 0.373. The summed E-state index contributed by atoms with van der Waals surface area (Å²) in [6.45, 7) is 4.56. The number of nitrogens with one attached hydrogen (secondary N) is 1. The smallest absolute Gasteiger partial charge is 0.234 e. The summed E-state index contributed by atoms with van der Waals surface area (Å²) in [5, 5.41) is 17.3. The van der Waals surface area contributed by atoms with Crippen molar-refractivity contribution in [3.63, 3.8) is 0 Å². The molecule has 0 bridgehead atoms. The Bertz CT molecular complexity index is 502. The van der Waals surface area contributed by atoms with Gasteiger partial charge < -0.3 is 10.1 Å². The number of aromatic nitrogens is 4. The molecule has 0 aromatic carbocycles. The maximum atomic E-state index is 5.43. The summed E-state index contributed by atoms with van der Waals surface area (Å²) in [5.41, 5.74) is 0. The minimum Gasteiger partial charge on any atom is -0.379 e. The molecule has 1 saturated heterocycles. The van der Waals surface area contributed by atoms with Gasteiger partial charge in [-0.25, -0.2) is 0 Å². The molecule has 7 heteroatoms. The second kappa shape index (κ2) is 4.67. The molecule has 1 aliphatic heterocycles. The number of fused-ring (bicyclic) bond motifs is 1. The molecule has 3 heterocycles. The van der Waals surface area contributed by atoms with Gasteiger partial charge in [0, 0.05) is 25.4 Å². The topological polar surface area (TPSA) is 64.3 Å². The molecule has 6 nitrogen and oxygen atoms in total. The lowest BCUT2D eigenvalue weighted by molar-refractivity contribution is 0.0769. The highest BCUT2D eigenvalue weighted by atomic mass is 32.1. The van der Waals surface area contributed by atoms with Crippen LogP contribution in [0.15, 0.2) is 0 Å². The molecular formula is C10H15N5OS. The van der Waals surface area contributed by atoms with E-state index < -0.39 is 0 Å². The van der Waals surface area contributed by atoms with Gasteiger partial charge in [0.25, 0.3) is 0 Å². The Morgan fingerprint density at radius 3 is 3.24 bits per heavy atom. The zero-order chi connectivity index (χ0) is 11.7. The SMILES string of the molecule is CCc1nnc2sc(CC3COCCN3)nn12. The highest BCUT2D eigenvalue weighted by molar-refractivity contribution is 7.16. The first-order chi connectivity index (χ1) is 8.36. The van der Waals surface area contributed by atoms with Gasteiger partial charge >= 0.3 is 0 Å². The van der Waals surface area contributed by atoms with Gasteiger partial charge in [0.05, 0.1) is 13.2 Å². The van der Waals surface area contributed by atoms with E-state index in [-0.39, 0.29) is 0 Å². The van der Waals surface area contributed by atoms with E-state index in [0.717, 1.165) is 48.4 Å². The third kappa shape index (κ3) is 2.18. The first kappa shape index (κ1) is 11.1. The predicted molar refractivity (Wildman–Crippen MR) is 64.4 cm³/mol. The lowest BCUT2D eigenvalue weighted by Gasteiger charge is -2.22. The van der Waals surface area contributed by atoms with Crippen LogP contribution in [-0.2, 0) is 17.6 Å². The quantitative estimate of drug-likeness (QED) is 0.851. The van der Waals surface area contributed by atoms with Crippen LogP contribution in [0.5, 0.6) is 0 Å². The predicted octanol–water partition coefficient (Wildman–Crippen LogP) is 0.279. The largest absolute Gasteiger partial charge is 0.379 e. The van der Waals surface area contributed by atoms with Crippen LogP contribution >= 0.6 is 11.3 Å². The number of hydrogen-bond donors (Lipinski definition) is 1. The van der Waals surface area contributed by atoms with Crippen LogP contribution in [0.25, 0.3) is 4.96 Å². The van der Waals surface area contributed by atoms with Crippen molar-refractivity contribution in [1.29, 1.82) is 0 Å². The molecule has 2 aromatic heterocycles. The molecule has 2 aromatic rings. The van der Waals surface area contributed by atoms with Crippen molar-refractivity contribution >= 4 is 16.3 Å². The van der Waals surface area contributed by atoms with Gasteiger partial charge in [0.15, 0.2) is 5.82 Å². The van der Waals surface area contributed by atoms with E-state index in [1.165, 1.54) is 0 Å². The van der Waals surface area contributed by atoms with E-state index in [2.05, 4.69) is 27.5 Å². The van der Waals surface area contributed by atoms with Gasteiger partial charge in [-0.2, -0.15) is 9.61 Å². The second-order valence-electron chi connectivity index (χ2n) is 4.09. The van der Waals surface area contributed by atoms with E-state index in [1.54, 1.807) is 11.3 Å². The van der Waals surface area contributed by atoms with E-state index in [0.29, 0.717) is 6.04 Å². The molecule has 1 atom stereocenters. The van der Waals surface area contributed by atoms with Crippen LogP contribution in [0.4, 0.5) is 0 Å². The van der Waals surface area contributed by atoms with Crippen LogP contribution < -0.4 is 5.32 Å². The highest BCUT2D eigenvalue weighted by Crippen LogP contribution is 2.16. The minimum absolute atomic E-state index is 0.373. The Morgan fingerprint density at radius 2 is 2.47 bits per heavy atom. The maximum absolute atomic E-state index is 5.43. The summed E-state index contributed by atoms with van der Waals surface area (Å²) in [5.74, 6) is 0.926. The van der Waals surface area contributed by atoms with E-state index in [9.17, 15) is 0 Å². The fourth-order valence-corrected chi connectivity index (χ4v) is 2.89. The summed E-state index contributed by atoms with van der Waals surface area (Å²) in [4.78, 5) is 0.883. The Kier molecular flexibility index (Phi) is 3.04. The molecule has 1 unspecified atom stereocenters. The fraction of sp³-hybridized carbons (Fsp3) is 0.700. The second-order valence-corrected chi connectivity index (χ2v) is 5.13. The molecular weight excluding hydrogens is 238 g/mol. The minimum atomic E-state index is 0.373. The zero-order valence-corrected chi connectivity index (χ0v) is 10.5. The van der Waals surface area contributed by atoms with Crippen LogP contribution in [0, 0.1) is 0 Å². The van der Waals surface area contributed by atoms with Crippen molar-refractivity contribution in [2.75, 3.05) is 19.8 Å². The Labute approximate surface area is 103 Å². The normalized spacial score (nSPS) is 21.1. The number of aryl methyl sites for hydroxylation is 1. The lowest BCUT2D eigenvalue weighted by atomic mass is 10.2. The number of ether oxygens (including phenoxy) is 1. The molecule has 1 aliphatic rings. The van der Waals surface area contributed by atoms with Crippen LogP contribution in [0.2, 0.25) is 0 Å². The van der Waals surface area contributed by atoms with Gasteiger partial charge in [-0.15, -0.1) is 10.2 Å². The molecule has 0 radical (unpaired) electrons. The number of morpholine rings is 1. The lowest BCUT2D eigenvalue weighted by Crippen LogP contribution is -2.42. The van der Waals surface area contributed by atoms with Crippen LogP contribution in [-0.4, -0.2) is 45.6 Å². The molecule has 17 heavy (non-hydrogen) atoms. The third-order valence-corrected chi connectivity index (χ3v) is 3.75. The Morgan fingerprint density at radius 1 is 1.53 bits per heavy atom. The average Bonchev–Trinajstić information content (AvgIpc) is 2.89. The van der Waals surface area contributed by atoms with Gasteiger partial charge in [-0.05, 0) is 0 Å². The molecule has 1 N–H and O–H groups in total. The summed E-state index contributed by atoms with van der Waals surface area (Å²) in [6.07, 6.45) is 1.76. The van der Waals surface area contributed by atoms with Crippen molar-refractivity contribution in [1.82, 2.24) is 25.1 Å². The monoisotopic (exact) mass is 253 g/mol. The number of rotatable bonds is 3. The Balaban J connectivity index is 1.78. The van der Waals surface area contributed by atoms with Gasteiger partial charge in [0.1, 0.15) is 5.01 Å². The van der Waals surface area contributed by atoms with Gasteiger partial charge in [0.2, 0.25) is 4.96 Å². The fourth-order valence-electron chi connectivity index (χ4n) is 1.96. The van der Waals surface area contributed by atoms with Crippen molar-refractivity contribution in [3.05, 3.63) is 10.8 Å². The van der Waals surface area contributed by atoms with Gasteiger partial charge in [-0.3, -0.25) is 0 Å². The molecule has 0 saturated carbocycles. The molecule has 92 valence electrons. The molecule has 0 amide bonds. The van der Waals surface area contributed by atoms with Crippen molar-refractivity contribution in [3.8, 4) is 0 Å². The highest BCUT2D eigenvalue weighted by Gasteiger charge is 2.17. The van der Waals surface area contributed by atoms with E-state index >= 15 is 0 Å². The van der Waals surface area contributed by atoms with Crippen molar-refractivity contribution < 1.29 is 4.74 Å². The average molecular weight is 253 g/mol.